The van der Waals surface area contributed by atoms with Gasteiger partial charge in [-0.25, -0.2) is 0 Å². The average Bonchev–Trinajstić information content (AvgIpc) is 2.25. The maximum absolute atomic E-state index is 4.92. The zero-order valence-electron chi connectivity index (χ0n) is 8.56. The van der Waals surface area contributed by atoms with Gasteiger partial charge >= 0.3 is 0 Å². The van der Waals surface area contributed by atoms with Crippen molar-refractivity contribution < 1.29 is 4.74 Å². The molecule has 0 heterocycles. The second-order valence-electron chi connectivity index (χ2n) is 2.77. The second-order valence-corrected chi connectivity index (χ2v) is 3.62. The highest BCUT2D eigenvalue weighted by Crippen LogP contribution is 2.17. The van der Waals surface area contributed by atoms with Gasteiger partial charge < -0.3 is 4.74 Å². The molecular formula is C11H15NOS. The Labute approximate surface area is 89.4 Å². The SMILES string of the molecule is COCCN=Cc1ccccc1SC. The number of nitrogens with zero attached hydrogens (tertiary/aromatic N) is 1. The van der Waals surface area contributed by atoms with E-state index < -0.39 is 0 Å². The van der Waals surface area contributed by atoms with Gasteiger partial charge in [0, 0.05) is 23.8 Å². The molecule has 0 atom stereocenters. The largest absolute Gasteiger partial charge is 0.383 e. The monoisotopic (exact) mass is 209 g/mol. The molecule has 1 rings (SSSR count). The number of methoxy groups -OCH3 is 1. The van der Waals surface area contributed by atoms with E-state index in [2.05, 4.69) is 23.4 Å². The molecule has 0 saturated carbocycles. The first-order chi connectivity index (χ1) is 6.88. The van der Waals surface area contributed by atoms with Gasteiger partial charge in [-0.1, -0.05) is 18.2 Å². The fourth-order valence-corrected chi connectivity index (χ4v) is 1.65. The predicted octanol–water partition coefficient (Wildman–Crippen LogP) is 2.47. The number of hydrogen-bond acceptors (Lipinski definition) is 3. The number of benzene rings is 1. The molecule has 0 spiro atoms. The molecule has 76 valence electrons. The Bertz CT molecular complexity index is 299. The van der Waals surface area contributed by atoms with Crippen molar-refractivity contribution in [3.8, 4) is 0 Å². The Morgan fingerprint density at radius 3 is 2.93 bits per heavy atom. The zero-order chi connectivity index (χ0) is 10.2. The van der Waals surface area contributed by atoms with Crippen LogP contribution in [0.4, 0.5) is 0 Å². The normalized spacial score (nSPS) is 11.0. The summed E-state index contributed by atoms with van der Waals surface area (Å²) in [5.41, 5.74) is 1.18. The van der Waals surface area contributed by atoms with Gasteiger partial charge in [-0.2, -0.15) is 0 Å². The molecule has 0 aliphatic rings. The molecule has 0 unspecified atom stereocenters. The zero-order valence-corrected chi connectivity index (χ0v) is 9.38. The number of rotatable bonds is 5. The molecule has 0 amide bonds. The van der Waals surface area contributed by atoms with Crippen LogP contribution in [0, 0.1) is 0 Å². The van der Waals surface area contributed by atoms with Gasteiger partial charge in [0.1, 0.15) is 0 Å². The predicted molar refractivity (Wildman–Crippen MR) is 62.6 cm³/mol. The van der Waals surface area contributed by atoms with Crippen LogP contribution < -0.4 is 0 Å². The Hall–Kier alpha value is -0.800. The molecule has 1 aromatic carbocycles. The van der Waals surface area contributed by atoms with Gasteiger partial charge in [0.2, 0.25) is 0 Å². The van der Waals surface area contributed by atoms with E-state index in [1.54, 1.807) is 18.9 Å². The molecule has 0 aromatic heterocycles. The van der Waals surface area contributed by atoms with Crippen molar-refractivity contribution in [3.63, 3.8) is 0 Å². The topological polar surface area (TPSA) is 21.6 Å². The standard InChI is InChI=1S/C11H15NOS/c1-13-8-7-12-9-10-5-3-4-6-11(10)14-2/h3-6,9H,7-8H2,1-2H3. The van der Waals surface area contributed by atoms with Gasteiger partial charge in [0.15, 0.2) is 0 Å². The van der Waals surface area contributed by atoms with Gasteiger partial charge in [-0.15, -0.1) is 11.8 Å². The third-order valence-corrected chi connectivity index (χ3v) is 2.61. The Morgan fingerprint density at radius 2 is 2.21 bits per heavy atom. The minimum absolute atomic E-state index is 0.679. The lowest BCUT2D eigenvalue weighted by Crippen LogP contribution is -1.94. The molecular weight excluding hydrogens is 194 g/mol. The van der Waals surface area contributed by atoms with Crippen LogP contribution in [0.1, 0.15) is 5.56 Å². The lowest BCUT2D eigenvalue weighted by molar-refractivity contribution is 0.208. The van der Waals surface area contributed by atoms with Gasteiger partial charge in [0.05, 0.1) is 13.2 Å². The van der Waals surface area contributed by atoms with E-state index in [-0.39, 0.29) is 0 Å². The second kappa shape index (κ2) is 6.62. The van der Waals surface area contributed by atoms with Crippen molar-refractivity contribution in [2.45, 2.75) is 4.90 Å². The fourth-order valence-electron chi connectivity index (χ4n) is 1.08. The van der Waals surface area contributed by atoms with E-state index in [4.69, 9.17) is 4.74 Å². The van der Waals surface area contributed by atoms with Crippen LogP contribution in [0.25, 0.3) is 0 Å². The molecule has 3 heteroatoms. The molecule has 0 saturated heterocycles. The van der Waals surface area contributed by atoms with Crippen LogP contribution in [0.3, 0.4) is 0 Å². The quantitative estimate of drug-likeness (QED) is 0.422. The molecule has 0 aliphatic heterocycles. The van der Waals surface area contributed by atoms with E-state index in [0.29, 0.717) is 6.61 Å². The number of thioether (sulfide) groups is 1. The van der Waals surface area contributed by atoms with Crippen LogP contribution in [0.2, 0.25) is 0 Å². The van der Waals surface area contributed by atoms with Crippen molar-refractivity contribution in [3.05, 3.63) is 29.8 Å². The van der Waals surface area contributed by atoms with Crippen LogP contribution in [0.15, 0.2) is 34.2 Å². The molecule has 0 bridgehead atoms. The van der Waals surface area contributed by atoms with Crippen LogP contribution in [-0.4, -0.2) is 32.7 Å². The van der Waals surface area contributed by atoms with E-state index in [1.165, 1.54) is 10.5 Å². The molecule has 0 aliphatic carbocycles. The summed E-state index contributed by atoms with van der Waals surface area (Å²) in [6, 6.07) is 8.24. The number of aliphatic imine (C=N–C) groups is 1. The summed E-state index contributed by atoms with van der Waals surface area (Å²) in [4.78, 5) is 5.53. The summed E-state index contributed by atoms with van der Waals surface area (Å²) in [6.07, 6.45) is 3.98. The van der Waals surface area contributed by atoms with E-state index >= 15 is 0 Å². The lowest BCUT2D eigenvalue weighted by Gasteiger charge is -2.00. The first kappa shape index (κ1) is 11.3. The van der Waals surface area contributed by atoms with E-state index in [1.807, 2.05) is 18.3 Å². The van der Waals surface area contributed by atoms with Crippen molar-refractivity contribution in [2.75, 3.05) is 26.5 Å². The molecule has 14 heavy (non-hydrogen) atoms. The first-order valence-electron chi connectivity index (χ1n) is 4.50. The smallest absolute Gasteiger partial charge is 0.0658 e. The van der Waals surface area contributed by atoms with Crippen molar-refractivity contribution in [1.29, 1.82) is 0 Å². The Kier molecular flexibility index (Phi) is 5.33. The summed E-state index contributed by atoms with van der Waals surface area (Å²) in [6.45, 7) is 1.40. The third-order valence-electron chi connectivity index (χ3n) is 1.79. The number of hydrogen-bond donors (Lipinski definition) is 0. The van der Waals surface area contributed by atoms with Crippen molar-refractivity contribution in [2.24, 2.45) is 4.99 Å². The molecule has 0 fully saturated rings. The summed E-state index contributed by atoms with van der Waals surface area (Å²) < 4.78 is 4.92. The van der Waals surface area contributed by atoms with Crippen LogP contribution in [0.5, 0.6) is 0 Å². The molecule has 1 aromatic rings. The lowest BCUT2D eigenvalue weighted by atomic mass is 10.2. The van der Waals surface area contributed by atoms with Crippen LogP contribution >= 0.6 is 11.8 Å². The third kappa shape index (κ3) is 3.52. The Morgan fingerprint density at radius 1 is 1.43 bits per heavy atom. The van der Waals surface area contributed by atoms with Crippen molar-refractivity contribution >= 4 is 18.0 Å². The minimum Gasteiger partial charge on any atom is -0.383 e. The van der Waals surface area contributed by atoms with E-state index in [0.717, 1.165) is 6.54 Å². The maximum atomic E-state index is 4.92. The summed E-state index contributed by atoms with van der Waals surface area (Å²) in [7, 11) is 1.69. The highest BCUT2D eigenvalue weighted by atomic mass is 32.2. The highest BCUT2D eigenvalue weighted by molar-refractivity contribution is 7.98. The fraction of sp³-hybridized carbons (Fsp3) is 0.364. The van der Waals surface area contributed by atoms with Crippen molar-refractivity contribution in [1.82, 2.24) is 0 Å². The minimum atomic E-state index is 0.679. The summed E-state index contributed by atoms with van der Waals surface area (Å²) in [5.74, 6) is 0. The first-order valence-corrected chi connectivity index (χ1v) is 5.72. The molecule has 0 radical (unpaired) electrons. The average molecular weight is 209 g/mol. The Balaban J connectivity index is 2.61. The summed E-state index contributed by atoms with van der Waals surface area (Å²) in [5, 5.41) is 0. The highest BCUT2D eigenvalue weighted by Gasteiger charge is 1.95. The number of ether oxygens (including phenoxy) is 1. The maximum Gasteiger partial charge on any atom is 0.0658 e. The molecule has 0 N–H and O–H groups in total. The van der Waals surface area contributed by atoms with Gasteiger partial charge in [0.25, 0.3) is 0 Å². The summed E-state index contributed by atoms with van der Waals surface area (Å²) >= 11 is 1.74. The van der Waals surface area contributed by atoms with Gasteiger partial charge in [-0.05, 0) is 12.3 Å². The van der Waals surface area contributed by atoms with E-state index in [9.17, 15) is 0 Å². The van der Waals surface area contributed by atoms with Crippen LogP contribution in [-0.2, 0) is 4.74 Å². The molecule has 2 nitrogen and oxygen atoms in total. The van der Waals surface area contributed by atoms with Gasteiger partial charge in [-0.3, -0.25) is 4.99 Å².